The first-order chi connectivity index (χ1) is 7.63. The Bertz CT molecular complexity index is 543. The predicted octanol–water partition coefficient (Wildman–Crippen LogP) is 2.09. The molecule has 0 fully saturated rings. The van der Waals surface area contributed by atoms with Gasteiger partial charge in [-0.15, -0.1) is 0 Å². The molecule has 0 aliphatic carbocycles. The van der Waals surface area contributed by atoms with Crippen molar-refractivity contribution < 1.29 is 4.79 Å². The van der Waals surface area contributed by atoms with Gasteiger partial charge in [0.05, 0.1) is 6.20 Å². The molecule has 0 aliphatic heterocycles. The zero-order valence-electron chi connectivity index (χ0n) is 9.24. The minimum absolute atomic E-state index is 0.478. The lowest BCUT2D eigenvalue weighted by Crippen LogP contribution is -1.94. The van der Waals surface area contributed by atoms with Gasteiger partial charge >= 0.3 is 0 Å². The number of aromatic nitrogens is 2. The Balaban J connectivity index is 2.69. The van der Waals surface area contributed by atoms with Crippen LogP contribution < -0.4 is 5.73 Å². The molecular weight excluding hydrogens is 202 g/mol. The van der Waals surface area contributed by atoms with Crippen molar-refractivity contribution in [3.63, 3.8) is 0 Å². The van der Waals surface area contributed by atoms with Crippen molar-refractivity contribution in [2.75, 3.05) is 5.73 Å². The van der Waals surface area contributed by atoms with Crippen molar-refractivity contribution in [2.24, 2.45) is 0 Å². The molecule has 0 spiro atoms. The van der Waals surface area contributed by atoms with Crippen molar-refractivity contribution in [2.45, 2.75) is 13.8 Å². The maximum absolute atomic E-state index is 11.0. The van der Waals surface area contributed by atoms with Crippen LogP contribution in [0.25, 0.3) is 11.1 Å². The molecule has 4 heteroatoms. The SMILES string of the molecule is Cc1cc(C=O)c(-c2cn[nH]c2N)cc1C. The number of carbonyl (C=O) groups is 1. The highest BCUT2D eigenvalue weighted by atomic mass is 16.1. The summed E-state index contributed by atoms with van der Waals surface area (Å²) < 4.78 is 0. The fourth-order valence-corrected chi connectivity index (χ4v) is 1.68. The first kappa shape index (κ1) is 10.4. The highest BCUT2D eigenvalue weighted by Gasteiger charge is 2.11. The third-order valence-corrected chi connectivity index (χ3v) is 2.75. The number of benzene rings is 1. The third-order valence-electron chi connectivity index (χ3n) is 2.75. The predicted molar refractivity (Wildman–Crippen MR) is 63.3 cm³/mol. The molecule has 0 atom stereocenters. The fourth-order valence-electron chi connectivity index (χ4n) is 1.68. The zero-order valence-corrected chi connectivity index (χ0v) is 9.24. The first-order valence-corrected chi connectivity index (χ1v) is 4.99. The molecule has 1 heterocycles. The van der Waals surface area contributed by atoms with E-state index >= 15 is 0 Å². The molecule has 16 heavy (non-hydrogen) atoms. The number of rotatable bonds is 2. The van der Waals surface area contributed by atoms with Crippen molar-refractivity contribution in [1.29, 1.82) is 0 Å². The van der Waals surface area contributed by atoms with Gasteiger partial charge in [-0.1, -0.05) is 6.07 Å². The number of hydrogen-bond donors (Lipinski definition) is 2. The summed E-state index contributed by atoms with van der Waals surface area (Å²) in [5.74, 6) is 0.478. The summed E-state index contributed by atoms with van der Waals surface area (Å²) in [6, 6.07) is 3.82. The van der Waals surface area contributed by atoms with E-state index in [4.69, 9.17) is 5.73 Å². The number of aryl methyl sites for hydroxylation is 2. The summed E-state index contributed by atoms with van der Waals surface area (Å²) in [4.78, 5) is 11.0. The fraction of sp³-hybridized carbons (Fsp3) is 0.167. The smallest absolute Gasteiger partial charge is 0.150 e. The number of nitrogens with one attached hydrogen (secondary N) is 1. The number of H-pyrrole nitrogens is 1. The quantitative estimate of drug-likeness (QED) is 0.753. The Morgan fingerprint density at radius 1 is 1.25 bits per heavy atom. The van der Waals surface area contributed by atoms with Crippen LogP contribution in [0.2, 0.25) is 0 Å². The van der Waals surface area contributed by atoms with Gasteiger partial charge in [0.15, 0.2) is 6.29 Å². The van der Waals surface area contributed by atoms with Gasteiger partial charge in [-0.2, -0.15) is 5.10 Å². The van der Waals surface area contributed by atoms with Crippen molar-refractivity contribution in [3.05, 3.63) is 35.0 Å². The van der Waals surface area contributed by atoms with Crippen LogP contribution >= 0.6 is 0 Å². The number of nitrogens with zero attached hydrogens (tertiary/aromatic N) is 1. The second-order valence-electron chi connectivity index (χ2n) is 3.84. The normalized spacial score (nSPS) is 10.4. The maximum Gasteiger partial charge on any atom is 0.150 e. The number of aldehydes is 1. The molecule has 2 rings (SSSR count). The molecule has 0 amide bonds. The molecule has 0 bridgehead atoms. The first-order valence-electron chi connectivity index (χ1n) is 4.99. The number of aromatic amines is 1. The van der Waals surface area contributed by atoms with Crippen molar-refractivity contribution in [1.82, 2.24) is 10.2 Å². The summed E-state index contributed by atoms with van der Waals surface area (Å²) >= 11 is 0. The molecule has 1 aromatic carbocycles. The van der Waals surface area contributed by atoms with Crippen LogP contribution in [0.4, 0.5) is 5.82 Å². The van der Waals surface area contributed by atoms with E-state index < -0.39 is 0 Å². The molecule has 0 saturated carbocycles. The second-order valence-corrected chi connectivity index (χ2v) is 3.84. The zero-order chi connectivity index (χ0) is 11.7. The summed E-state index contributed by atoms with van der Waals surface area (Å²) in [6.45, 7) is 3.98. The van der Waals surface area contributed by atoms with Crippen LogP contribution in [-0.2, 0) is 0 Å². The lowest BCUT2D eigenvalue weighted by molar-refractivity contribution is 0.112. The molecular formula is C12H13N3O. The van der Waals surface area contributed by atoms with Gasteiger partial charge in [0.2, 0.25) is 0 Å². The molecule has 82 valence electrons. The lowest BCUT2D eigenvalue weighted by Gasteiger charge is -2.07. The monoisotopic (exact) mass is 215 g/mol. The number of anilines is 1. The van der Waals surface area contributed by atoms with Gasteiger partial charge in [-0.25, -0.2) is 0 Å². The van der Waals surface area contributed by atoms with Crippen LogP contribution in [0, 0.1) is 13.8 Å². The number of nitrogens with two attached hydrogens (primary N) is 1. The van der Waals surface area contributed by atoms with E-state index in [0.29, 0.717) is 11.4 Å². The minimum atomic E-state index is 0.478. The van der Waals surface area contributed by atoms with E-state index in [1.807, 2.05) is 26.0 Å². The molecule has 0 radical (unpaired) electrons. The third kappa shape index (κ3) is 1.58. The van der Waals surface area contributed by atoms with Gasteiger partial charge in [-0.3, -0.25) is 9.89 Å². The van der Waals surface area contributed by atoms with Crippen LogP contribution in [0.5, 0.6) is 0 Å². The topological polar surface area (TPSA) is 71.8 Å². The highest BCUT2D eigenvalue weighted by Crippen LogP contribution is 2.28. The number of nitrogen functional groups attached to an aromatic ring is 1. The van der Waals surface area contributed by atoms with E-state index in [1.165, 1.54) is 0 Å². The van der Waals surface area contributed by atoms with Crippen molar-refractivity contribution >= 4 is 12.1 Å². The molecule has 0 unspecified atom stereocenters. The Labute approximate surface area is 93.5 Å². The van der Waals surface area contributed by atoms with E-state index in [0.717, 1.165) is 28.5 Å². The minimum Gasteiger partial charge on any atom is -0.384 e. The van der Waals surface area contributed by atoms with Gasteiger partial charge in [-0.05, 0) is 36.6 Å². The summed E-state index contributed by atoms with van der Waals surface area (Å²) in [7, 11) is 0. The standard InChI is InChI=1S/C12H13N3O/c1-7-3-9(6-16)10(4-8(7)2)11-5-14-15-12(11)13/h3-6H,1-2H3,(H3,13,14,15). The molecule has 2 aromatic rings. The Hall–Kier alpha value is -2.10. The highest BCUT2D eigenvalue weighted by molar-refractivity contribution is 5.90. The van der Waals surface area contributed by atoms with Gasteiger partial charge in [0.25, 0.3) is 0 Å². The van der Waals surface area contributed by atoms with E-state index in [-0.39, 0.29) is 0 Å². The van der Waals surface area contributed by atoms with Crippen molar-refractivity contribution in [3.8, 4) is 11.1 Å². The Kier molecular flexibility index (Phi) is 2.48. The molecule has 0 aliphatic rings. The van der Waals surface area contributed by atoms with Gasteiger partial charge < -0.3 is 5.73 Å². The largest absolute Gasteiger partial charge is 0.384 e. The molecule has 4 nitrogen and oxygen atoms in total. The van der Waals surface area contributed by atoms with Crippen LogP contribution in [0.3, 0.4) is 0 Å². The van der Waals surface area contributed by atoms with Crippen LogP contribution in [-0.4, -0.2) is 16.5 Å². The summed E-state index contributed by atoms with van der Waals surface area (Å²) in [6.07, 6.45) is 2.47. The number of hydrogen-bond acceptors (Lipinski definition) is 3. The van der Waals surface area contributed by atoms with E-state index in [1.54, 1.807) is 6.20 Å². The second kappa shape index (κ2) is 3.81. The average Bonchev–Trinajstić information content (AvgIpc) is 2.68. The van der Waals surface area contributed by atoms with Gasteiger partial charge in [0.1, 0.15) is 5.82 Å². The van der Waals surface area contributed by atoms with Gasteiger partial charge in [0, 0.05) is 11.1 Å². The average molecular weight is 215 g/mol. The Morgan fingerprint density at radius 3 is 2.50 bits per heavy atom. The Morgan fingerprint density at radius 2 is 1.94 bits per heavy atom. The molecule has 0 saturated heterocycles. The van der Waals surface area contributed by atoms with Crippen LogP contribution in [0.15, 0.2) is 18.3 Å². The summed E-state index contributed by atoms with van der Waals surface area (Å²) in [5.41, 5.74) is 10.2. The van der Waals surface area contributed by atoms with E-state index in [9.17, 15) is 4.79 Å². The molecule has 1 aromatic heterocycles. The van der Waals surface area contributed by atoms with E-state index in [2.05, 4.69) is 10.2 Å². The lowest BCUT2D eigenvalue weighted by atomic mass is 9.97. The van der Waals surface area contributed by atoms with Crippen LogP contribution in [0.1, 0.15) is 21.5 Å². The summed E-state index contributed by atoms with van der Waals surface area (Å²) in [5, 5.41) is 6.52. The molecule has 3 N–H and O–H groups in total. The number of carbonyl (C=O) groups excluding carboxylic acids is 1. The maximum atomic E-state index is 11.0.